The molecule has 0 atom stereocenters. The van der Waals surface area contributed by atoms with Crippen LogP contribution in [0.4, 0.5) is 10.5 Å². The molecule has 2 aliphatic heterocycles. The molecule has 2 fully saturated rings. The molecule has 0 aromatic heterocycles. The molecule has 0 aliphatic carbocycles. The Bertz CT molecular complexity index is 1050. The van der Waals surface area contributed by atoms with Gasteiger partial charge in [0.05, 0.1) is 32.6 Å². The number of urea groups is 1. The molecule has 33 heavy (non-hydrogen) atoms. The van der Waals surface area contributed by atoms with Gasteiger partial charge in [-0.05, 0) is 37.1 Å². The van der Waals surface area contributed by atoms with E-state index in [1.807, 2.05) is 6.07 Å². The van der Waals surface area contributed by atoms with Crippen LogP contribution in [-0.4, -0.2) is 74.7 Å². The molecule has 2 aromatic rings. The average Bonchev–Trinajstić information content (AvgIpc) is 3.16. The zero-order chi connectivity index (χ0) is 23.5. The maximum absolute atomic E-state index is 13.2. The first kappa shape index (κ1) is 22.4. The van der Waals surface area contributed by atoms with Gasteiger partial charge < -0.3 is 24.0 Å². The summed E-state index contributed by atoms with van der Waals surface area (Å²) in [5.74, 6) is 0.747. The lowest BCUT2D eigenvalue weighted by molar-refractivity contribution is -0.116. The third-order valence-corrected chi connectivity index (χ3v) is 6.13. The zero-order valence-electron chi connectivity index (χ0n) is 18.9. The molecule has 2 aromatic carbocycles. The number of hydrogen-bond acceptors (Lipinski definition) is 6. The molecule has 0 bridgehead atoms. The molecule has 0 saturated carbocycles. The van der Waals surface area contributed by atoms with Crippen molar-refractivity contribution in [3.8, 4) is 17.2 Å². The molecule has 4 rings (SSSR count). The van der Waals surface area contributed by atoms with Gasteiger partial charge in [0.15, 0.2) is 11.5 Å². The molecule has 9 nitrogen and oxygen atoms in total. The molecule has 0 unspecified atom stereocenters. The number of carbonyl (C=O) groups excluding carboxylic acids is 3. The predicted molar refractivity (Wildman–Crippen MR) is 121 cm³/mol. The zero-order valence-corrected chi connectivity index (χ0v) is 18.9. The van der Waals surface area contributed by atoms with Crippen molar-refractivity contribution in [3.05, 3.63) is 48.0 Å². The standard InChI is InChI=1S/C24H27N3O6/c1-31-19-10-9-18(21(32-2)22(19)33-3)23(29)25-13-11-16(12-14-25)26-15-20(28)27(24(26)30)17-7-5-4-6-8-17/h4-10,16H,11-15H2,1-3H3. The largest absolute Gasteiger partial charge is 0.493 e. The molecule has 9 heteroatoms. The molecule has 2 saturated heterocycles. The molecule has 0 radical (unpaired) electrons. The Kier molecular flexibility index (Phi) is 6.39. The summed E-state index contributed by atoms with van der Waals surface area (Å²) in [6.45, 7) is 0.977. The lowest BCUT2D eigenvalue weighted by Crippen LogP contribution is -2.48. The van der Waals surface area contributed by atoms with Crippen LogP contribution in [0.2, 0.25) is 0 Å². The Morgan fingerprint density at radius 1 is 0.879 bits per heavy atom. The van der Waals surface area contributed by atoms with Crippen LogP contribution in [0, 0.1) is 0 Å². The molecule has 174 valence electrons. The number of hydrogen-bond donors (Lipinski definition) is 0. The van der Waals surface area contributed by atoms with Gasteiger partial charge in [-0.15, -0.1) is 0 Å². The fourth-order valence-electron chi connectivity index (χ4n) is 4.46. The van der Waals surface area contributed by atoms with Gasteiger partial charge in [-0.3, -0.25) is 9.59 Å². The second-order valence-corrected chi connectivity index (χ2v) is 7.88. The smallest absolute Gasteiger partial charge is 0.332 e. The normalized spacial score (nSPS) is 16.9. The minimum atomic E-state index is -0.308. The van der Waals surface area contributed by atoms with E-state index >= 15 is 0 Å². The van der Waals surface area contributed by atoms with Crippen molar-refractivity contribution in [2.45, 2.75) is 18.9 Å². The van der Waals surface area contributed by atoms with Gasteiger partial charge >= 0.3 is 6.03 Å². The lowest BCUT2D eigenvalue weighted by atomic mass is 10.0. The van der Waals surface area contributed by atoms with E-state index in [4.69, 9.17) is 14.2 Å². The van der Waals surface area contributed by atoms with Crippen LogP contribution >= 0.6 is 0 Å². The third-order valence-electron chi connectivity index (χ3n) is 6.13. The molecule has 0 spiro atoms. The number of benzene rings is 2. The summed E-state index contributed by atoms with van der Waals surface area (Å²) in [6.07, 6.45) is 1.17. The van der Waals surface area contributed by atoms with Crippen LogP contribution in [0.1, 0.15) is 23.2 Å². The molecule has 2 aliphatic rings. The van der Waals surface area contributed by atoms with Crippen molar-refractivity contribution in [2.75, 3.05) is 45.9 Å². The summed E-state index contributed by atoms with van der Waals surface area (Å²) in [5, 5.41) is 0. The molecule has 0 N–H and O–H groups in total. The Morgan fingerprint density at radius 3 is 2.15 bits per heavy atom. The Morgan fingerprint density at radius 2 is 1.55 bits per heavy atom. The quantitative estimate of drug-likeness (QED) is 0.625. The van der Waals surface area contributed by atoms with Gasteiger partial charge in [-0.2, -0.15) is 0 Å². The number of nitrogens with zero attached hydrogens (tertiary/aromatic N) is 3. The van der Waals surface area contributed by atoms with E-state index in [-0.39, 0.29) is 30.4 Å². The number of likely N-dealkylation sites (tertiary alicyclic amines) is 1. The fraction of sp³-hybridized carbons (Fsp3) is 0.375. The third kappa shape index (κ3) is 4.06. The van der Waals surface area contributed by atoms with Crippen LogP contribution in [0.15, 0.2) is 42.5 Å². The number of ether oxygens (including phenoxy) is 3. The van der Waals surface area contributed by atoms with Crippen LogP contribution < -0.4 is 19.1 Å². The van der Waals surface area contributed by atoms with Crippen molar-refractivity contribution in [2.24, 2.45) is 0 Å². The highest BCUT2D eigenvalue weighted by molar-refractivity contribution is 6.19. The molecule has 2 heterocycles. The van der Waals surface area contributed by atoms with E-state index in [0.717, 1.165) is 0 Å². The van der Waals surface area contributed by atoms with Crippen molar-refractivity contribution in [1.82, 2.24) is 9.80 Å². The summed E-state index contributed by atoms with van der Waals surface area (Å²) in [5.41, 5.74) is 0.958. The first-order valence-electron chi connectivity index (χ1n) is 10.8. The topological polar surface area (TPSA) is 88.6 Å². The maximum Gasteiger partial charge on any atom is 0.332 e. The van der Waals surface area contributed by atoms with Gasteiger partial charge in [-0.25, -0.2) is 9.69 Å². The summed E-state index contributed by atoms with van der Waals surface area (Å²) in [4.78, 5) is 43.3. The second-order valence-electron chi connectivity index (χ2n) is 7.88. The molecule has 4 amide bonds. The van der Waals surface area contributed by atoms with Gasteiger partial charge in [-0.1, -0.05) is 18.2 Å². The number of imide groups is 1. The highest BCUT2D eigenvalue weighted by Crippen LogP contribution is 2.40. The van der Waals surface area contributed by atoms with Crippen LogP contribution in [0.25, 0.3) is 0 Å². The number of methoxy groups -OCH3 is 3. The van der Waals surface area contributed by atoms with Crippen molar-refractivity contribution < 1.29 is 28.6 Å². The Hall–Kier alpha value is -3.75. The SMILES string of the molecule is COc1ccc(C(=O)N2CCC(N3CC(=O)N(c4ccccc4)C3=O)CC2)c(OC)c1OC. The maximum atomic E-state index is 13.2. The minimum Gasteiger partial charge on any atom is -0.493 e. The fourth-order valence-corrected chi connectivity index (χ4v) is 4.46. The van der Waals surface area contributed by atoms with Crippen LogP contribution in [0.3, 0.4) is 0 Å². The van der Waals surface area contributed by atoms with E-state index in [1.165, 1.54) is 26.2 Å². The van der Waals surface area contributed by atoms with Crippen LogP contribution in [0.5, 0.6) is 17.2 Å². The van der Waals surface area contributed by atoms with E-state index in [0.29, 0.717) is 54.4 Å². The van der Waals surface area contributed by atoms with Gasteiger partial charge in [0.2, 0.25) is 5.75 Å². The molecular weight excluding hydrogens is 426 g/mol. The van der Waals surface area contributed by atoms with Crippen molar-refractivity contribution in [1.29, 1.82) is 0 Å². The van der Waals surface area contributed by atoms with E-state index < -0.39 is 0 Å². The average molecular weight is 453 g/mol. The van der Waals surface area contributed by atoms with Crippen molar-refractivity contribution in [3.63, 3.8) is 0 Å². The van der Waals surface area contributed by atoms with Gasteiger partial charge in [0.1, 0.15) is 6.54 Å². The molecular formula is C24H27N3O6. The van der Waals surface area contributed by atoms with E-state index in [1.54, 1.807) is 46.2 Å². The highest BCUT2D eigenvalue weighted by atomic mass is 16.5. The van der Waals surface area contributed by atoms with Crippen molar-refractivity contribution >= 4 is 23.5 Å². The summed E-state index contributed by atoms with van der Waals surface area (Å²) in [6, 6.07) is 11.9. The summed E-state index contributed by atoms with van der Waals surface area (Å²) >= 11 is 0. The monoisotopic (exact) mass is 453 g/mol. The van der Waals surface area contributed by atoms with E-state index in [9.17, 15) is 14.4 Å². The number of para-hydroxylation sites is 1. The number of carbonyl (C=O) groups is 3. The minimum absolute atomic E-state index is 0.0514. The van der Waals surface area contributed by atoms with Crippen LogP contribution in [-0.2, 0) is 4.79 Å². The Labute approximate surface area is 192 Å². The summed E-state index contributed by atoms with van der Waals surface area (Å²) in [7, 11) is 4.49. The van der Waals surface area contributed by atoms with E-state index in [2.05, 4.69) is 0 Å². The number of amides is 4. The number of anilines is 1. The first-order chi connectivity index (χ1) is 16.0. The first-order valence-corrected chi connectivity index (χ1v) is 10.8. The summed E-state index contributed by atoms with van der Waals surface area (Å²) < 4.78 is 16.1. The highest BCUT2D eigenvalue weighted by Gasteiger charge is 2.42. The van der Waals surface area contributed by atoms with Gasteiger partial charge in [0.25, 0.3) is 11.8 Å². The number of piperidine rings is 1. The van der Waals surface area contributed by atoms with Gasteiger partial charge in [0, 0.05) is 19.1 Å². The lowest BCUT2D eigenvalue weighted by Gasteiger charge is -2.36. The Balaban J connectivity index is 1.45. The number of rotatable bonds is 6. The predicted octanol–water partition coefficient (Wildman–Crippen LogP) is 2.79. The second kappa shape index (κ2) is 9.40.